The Hall–Kier alpha value is -1.81. The first-order chi connectivity index (χ1) is 10.5. The van der Waals surface area contributed by atoms with Gasteiger partial charge in [-0.3, -0.25) is 4.57 Å². The molecule has 2 aromatic heterocycles. The van der Waals surface area contributed by atoms with Crippen molar-refractivity contribution in [2.75, 3.05) is 12.3 Å². The van der Waals surface area contributed by atoms with Crippen molar-refractivity contribution in [2.24, 2.45) is 0 Å². The lowest BCUT2D eigenvalue weighted by Gasteiger charge is -2.37. The summed E-state index contributed by atoms with van der Waals surface area (Å²) in [6.45, 7) is 3.97. The Labute approximate surface area is 126 Å². The number of nitrogens with two attached hydrogens (primary N) is 1. The zero-order valence-electron chi connectivity index (χ0n) is 12.2. The lowest BCUT2D eigenvalue weighted by Crippen LogP contribution is -2.50. The standard InChI is InChI=1S/C13H17N5O4/c1-13(2)20-3-6-9(22-13)8(19)12(21-6)18-5-17-7-10(14)15-4-16-11(7)18/h4-6,8-9,12,19H,3H2,1-2H3,(H2,14,15,16)/t6-,8-,9+,12-/m1/s1. The highest BCUT2D eigenvalue weighted by Crippen LogP contribution is 2.38. The van der Waals surface area contributed by atoms with E-state index < -0.39 is 24.2 Å². The van der Waals surface area contributed by atoms with Gasteiger partial charge in [-0.2, -0.15) is 0 Å². The minimum absolute atomic E-state index is 0.286. The van der Waals surface area contributed by atoms with Crippen molar-refractivity contribution in [1.82, 2.24) is 19.5 Å². The van der Waals surface area contributed by atoms with E-state index in [1.807, 2.05) is 13.8 Å². The third kappa shape index (κ3) is 1.97. The molecule has 2 aliphatic heterocycles. The Kier molecular flexibility index (Phi) is 2.89. The van der Waals surface area contributed by atoms with E-state index in [0.29, 0.717) is 17.8 Å². The van der Waals surface area contributed by atoms with Gasteiger partial charge in [0.05, 0.1) is 12.9 Å². The number of nitrogens with zero attached hydrogens (tertiary/aromatic N) is 4. The first-order valence-corrected chi connectivity index (χ1v) is 7.04. The van der Waals surface area contributed by atoms with Crippen molar-refractivity contribution in [3.05, 3.63) is 12.7 Å². The Morgan fingerprint density at radius 3 is 3.00 bits per heavy atom. The minimum Gasteiger partial charge on any atom is -0.386 e. The molecule has 4 heterocycles. The fourth-order valence-electron chi connectivity index (χ4n) is 2.93. The first-order valence-electron chi connectivity index (χ1n) is 7.04. The number of hydrogen-bond donors (Lipinski definition) is 2. The summed E-state index contributed by atoms with van der Waals surface area (Å²) in [7, 11) is 0. The number of fused-ring (bicyclic) bond motifs is 2. The van der Waals surface area contributed by atoms with E-state index in [1.54, 1.807) is 4.57 Å². The molecular weight excluding hydrogens is 290 g/mol. The van der Waals surface area contributed by atoms with E-state index in [4.69, 9.17) is 19.9 Å². The van der Waals surface area contributed by atoms with Gasteiger partial charge < -0.3 is 25.1 Å². The van der Waals surface area contributed by atoms with Crippen LogP contribution < -0.4 is 5.73 Å². The van der Waals surface area contributed by atoms with Crippen LogP contribution in [-0.2, 0) is 14.2 Å². The number of aromatic nitrogens is 4. The topological polar surface area (TPSA) is 118 Å². The third-order valence-corrected chi connectivity index (χ3v) is 3.99. The summed E-state index contributed by atoms with van der Waals surface area (Å²) in [6, 6.07) is 0. The second-order valence-electron chi connectivity index (χ2n) is 5.93. The maximum atomic E-state index is 10.6. The average molecular weight is 307 g/mol. The molecule has 2 aromatic rings. The second kappa shape index (κ2) is 4.59. The molecule has 0 spiro atoms. The van der Waals surface area contributed by atoms with Crippen LogP contribution in [0.2, 0.25) is 0 Å². The van der Waals surface area contributed by atoms with Crippen molar-refractivity contribution in [1.29, 1.82) is 0 Å². The van der Waals surface area contributed by atoms with Gasteiger partial charge in [0.2, 0.25) is 0 Å². The van der Waals surface area contributed by atoms with E-state index in [1.165, 1.54) is 12.7 Å². The molecule has 4 rings (SSSR count). The maximum Gasteiger partial charge on any atom is 0.167 e. The fraction of sp³-hybridized carbons (Fsp3) is 0.615. The lowest BCUT2D eigenvalue weighted by atomic mass is 10.1. The monoisotopic (exact) mass is 307 g/mol. The van der Waals surface area contributed by atoms with Crippen LogP contribution in [-0.4, -0.2) is 55.3 Å². The van der Waals surface area contributed by atoms with E-state index in [2.05, 4.69) is 15.0 Å². The van der Waals surface area contributed by atoms with E-state index in [-0.39, 0.29) is 11.9 Å². The quantitative estimate of drug-likeness (QED) is 0.745. The summed E-state index contributed by atoms with van der Waals surface area (Å²) < 4.78 is 18.9. The van der Waals surface area contributed by atoms with Gasteiger partial charge >= 0.3 is 0 Å². The Balaban J connectivity index is 1.70. The van der Waals surface area contributed by atoms with Crippen molar-refractivity contribution < 1.29 is 19.3 Å². The number of rotatable bonds is 1. The van der Waals surface area contributed by atoms with E-state index in [0.717, 1.165) is 0 Å². The minimum atomic E-state index is -0.859. The summed E-state index contributed by atoms with van der Waals surface area (Å²) in [5.74, 6) is -0.460. The third-order valence-electron chi connectivity index (χ3n) is 3.99. The van der Waals surface area contributed by atoms with Gasteiger partial charge in [-0.25, -0.2) is 15.0 Å². The van der Waals surface area contributed by atoms with Crippen molar-refractivity contribution in [3.63, 3.8) is 0 Å². The van der Waals surface area contributed by atoms with E-state index in [9.17, 15) is 5.11 Å². The maximum absolute atomic E-state index is 10.6. The molecule has 9 heteroatoms. The summed E-state index contributed by atoms with van der Waals surface area (Å²) in [5.41, 5.74) is 6.77. The molecule has 0 aromatic carbocycles. The number of aliphatic hydroxyl groups excluding tert-OH is 1. The van der Waals surface area contributed by atoms with Crippen LogP contribution >= 0.6 is 0 Å². The second-order valence-corrected chi connectivity index (χ2v) is 5.93. The molecule has 0 radical (unpaired) electrons. The summed E-state index contributed by atoms with van der Waals surface area (Å²) in [6.07, 6.45) is 0.559. The fourth-order valence-corrected chi connectivity index (χ4v) is 2.93. The highest BCUT2D eigenvalue weighted by molar-refractivity contribution is 5.81. The number of imidazole rings is 1. The number of aliphatic hydroxyl groups is 1. The van der Waals surface area contributed by atoms with Crippen LogP contribution in [0.4, 0.5) is 5.82 Å². The molecule has 0 unspecified atom stereocenters. The molecule has 0 saturated carbocycles. The molecule has 2 aliphatic rings. The Morgan fingerprint density at radius 1 is 1.36 bits per heavy atom. The van der Waals surface area contributed by atoms with Crippen molar-refractivity contribution in [3.8, 4) is 0 Å². The Bertz CT molecular complexity index is 718. The van der Waals surface area contributed by atoms with Gasteiger partial charge in [0.15, 0.2) is 23.5 Å². The number of hydrogen-bond acceptors (Lipinski definition) is 8. The molecule has 3 N–H and O–H groups in total. The lowest BCUT2D eigenvalue weighted by molar-refractivity contribution is -0.300. The smallest absolute Gasteiger partial charge is 0.167 e. The zero-order chi connectivity index (χ0) is 15.5. The molecule has 4 atom stereocenters. The number of anilines is 1. The van der Waals surface area contributed by atoms with Crippen molar-refractivity contribution in [2.45, 2.75) is 44.2 Å². The summed E-state index contributed by atoms with van der Waals surface area (Å²) in [4.78, 5) is 12.3. The highest BCUT2D eigenvalue weighted by atomic mass is 16.7. The van der Waals surface area contributed by atoms with Gasteiger partial charge in [-0.15, -0.1) is 0 Å². The summed E-state index contributed by atoms with van der Waals surface area (Å²) >= 11 is 0. The normalized spacial score (nSPS) is 34.0. The Morgan fingerprint density at radius 2 is 2.18 bits per heavy atom. The molecule has 0 aliphatic carbocycles. The molecule has 2 saturated heterocycles. The van der Waals surface area contributed by atoms with Crippen molar-refractivity contribution >= 4 is 17.0 Å². The summed E-state index contributed by atoms with van der Waals surface area (Å²) in [5, 5.41) is 10.6. The van der Waals surface area contributed by atoms with Crippen LogP contribution in [0.1, 0.15) is 20.1 Å². The van der Waals surface area contributed by atoms with Gasteiger partial charge in [0.25, 0.3) is 0 Å². The highest BCUT2D eigenvalue weighted by Gasteiger charge is 2.51. The van der Waals surface area contributed by atoms with Crippen LogP contribution in [0.15, 0.2) is 12.7 Å². The first kappa shape index (κ1) is 13.8. The molecule has 9 nitrogen and oxygen atoms in total. The van der Waals surface area contributed by atoms with E-state index >= 15 is 0 Å². The molecule has 2 fully saturated rings. The zero-order valence-corrected chi connectivity index (χ0v) is 12.2. The molecular formula is C13H17N5O4. The largest absolute Gasteiger partial charge is 0.386 e. The number of ether oxygens (including phenoxy) is 3. The van der Waals surface area contributed by atoms with Crippen LogP contribution in [0.25, 0.3) is 11.2 Å². The van der Waals surface area contributed by atoms with Gasteiger partial charge in [-0.05, 0) is 13.8 Å². The van der Waals surface area contributed by atoms with Gasteiger partial charge in [-0.1, -0.05) is 0 Å². The number of nitrogen functional groups attached to an aromatic ring is 1. The SMILES string of the molecule is CC1(C)OC[C@H]2O[C@@H](n3cnc4c(N)ncnc43)[C@H](O)[C@H]2O1. The molecule has 0 amide bonds. The molecule has 0 bridgehead atoms. The molecule has 22 heavy (non-hydrogen) atoms. The van der Waals surface area contributed by atoms with Crippen LogP contribution in [0.3, 0.4) is 0 Å². The van der Waals surface area contributed by atoms with Crippen LogP contribution in [0.5, 0.6) is 0 Å². The van der Waals surface area contributed by atoms with Gasteiger partial charge in [0, 0.05) is 0 Å². The molecule has 118 valence electrons. The van der Waals surface area contributed by atoms with Gasteiger partial charge in [0.1, 0.15) is 30.2 Å². The average Bonchev–Trinajstić information content (AvgIpc) is 3.01. The van der Waals surface area contributed by atoms with Crippen LogP contribution in [0, 0.1) is 0 Å². The predicted octanol–water partition coefficient (Wildman–Crippen LogP) is -0.182. The predicted molar refractivity (Wildman–Crippen MR) is 74.6 cm³/mol.